The molecule has 5 heterocycles. The molecule has 0 amide bonds. The van der Waals surface area contributed by atoms with Crippen molar-refractivity contribution in [2.75, 3.05) is 0 Å². The van der Waals surface area contributed by atoms with Gasteiger partial charge in [0.2, 0.25) is 5.95 Å². The van der Waals surface area contributed by atoms with Gasteiger partial charge < -0.3 is 8.83 Å². The number of benzene rings is 6. The lowest BCUT2D eigenvalue weighted by atomic mass is 10.0. The highest BCUT2D eigenvalue weighted by atomic mass is 16.3. The Bertz CT molecular complexity index is 3160. The van der Waals surface area contributed by atoms with Gasteiger partial charge in [-0.05, 0) is 59.7 Å². The predicted molar refractivity (Wildman–Crippen MR) is 203 cm³/mol. The Kier molecular flexibility index (Phi) is 5.83. The molecule has 0 N–H and O–H groups in total. The zero-order valence-electron chi connectivity index (χ0n) is 27.0. The van der Waals surface area contributed by atoms with Crippen LogP contribution in [-0.4, -0.2) is 24.5 Å². The van der Waals surface area contributed by atoms with Crippen molar-refractivity contribution < 1.29 is 8.83 Å². The average Bonchev–Trinajstić information content (AvgIpc) is 3.87. The zero-order chi connectivity index (χ0) is 33.5. The van der Waals surface area contributed by atoms with Gasteiger partial charge in [0.25, 0.3) is 0 Å². The summed E-state index contributed by atoms with van der Waals surface area (Å²) in [5.74, 6) is 1.69. The summed E-state index contributed by atoms with van der Waals surface area (Å²) in [6.07, 6.45) is 3.53. The molecule has 0 aliphatic heterocycles. The normalized spacial score (nSPS) is 11.9. The number of hydrogen-bond donors (Lipinski definition) is 0. The van der Waals surface area contributed by atoms with Gasteiger partial charge in [-0.1, -0.05) is 91.0 Å². The van der Waals surface area contributed by atoms with Gasteiger partial charge >= 0.3 is 0 Å². The molecular weight excluding hydrogens is 631 g/mol. The van der Waals surface area contributed by atoms with E-state index in [1.807, 2.05) is 66.7 Å². The number of rotatable bonds is 4. The van der Waals surface area contributed by atoms with E-state index in [0.717, 1.165) is 87.9 Å². The minimum atomic E-state index is 0.538. The largest absolute Gasteiger partial charge is 0.456 e. The fourth-order valence-corrected chi connectivity index (χ4v) is 7.44. The topological polar surface area (TPSA) is 82.8 Å². The molecule has 238 valence electrons. The molecule has 7 nitrogen and oxygen atoms in total. The summed E-state index contributed by atoms with van der Waals surface area (Å²) in [5, 5.41) is 6.35. The highest BCUT2D eigenvalue weighted by Crippen LogP contribution is 2.39. The Morgan fingerprint density at radius 2 is 1.14 bits per heavy atom. The van der Waals surface area contributed by atoms with Crippen LogP contribution in [0.5, 0.6) is 0 Å². The van der Waals surface area contributed by atoms with Crippen molar-refractivity contribution in [3.05, 3.63) is 152 Å². The Morgan fingerprint density at radius 1 is 0.431 bits per heavy atom. The fourth-order valence-electron chi connectivity index (χ4n) is 7.44. The number of furan rings is 2. The molecule has 5 aromatic heterocycles. The van der Waals surface area contributed by atoms with Crippen LogP contribution in [0.15, 0.2) is 161 Å². The minimum Gasteiger partial charge on any atom is -0.456 e. The monoisotopic (exact) mass is 655 g/mol. The number of nitrogens with zero attached hydrogens (tertiary/aromatic N) is 5. The van der Waals surface area contributed by atoms with Gasteiger partial charge in [-0.25, -0.2) is 4.98 Å². The summed E-state index contributed by atoms with van der Waals surface area (Å²) in [7, 11) is 0. The van der Waals surface area contributed by atoms with Crippen molar-refractivity contribution in [3.63, 3.8) is 0 Å². The van der Waals surface area contributed by atoms with Crippen LogP contribution in [0.2, 0.25) is 0 Å². The molecule has 7 heteroatoms. The maximum Gasteiger partial charge on any atom is 0.238 e. The molecule has 0 atom stereocenters. The van der Waals surface area contributed by atoms with Gasteiger partial charge in [0.15, 0.2) is 17.2 Å². The highest BCUT2D eigenvalue weighted by Gasteiger charge is 2.21. The number of hydrogen-bond acceptors (Lipinski definition) is 6. The maximum atomic E-state index is 6.19. The zero-order valence-corrected chi connectivity index (χ0v) is 27.0. The van der Waals surface area contributed by atoms with E-state index in [4.69, 9.17) is 23.8 Å². The molecule has 0 radical (unpaired) electrons. The number of fused-ring (bicyclic) bond motifs is 9. The Hall–Kier alpha value is -7.12. The fraction of sp³-hybridized carbons (Fsp3) is 0. The molecule has 51 heavy (non-hydrogen) atoms. The van der Waals surface area contributed by atoms with Gasteiger partial charge in [0, 0.05) is 49.6 Å². The summed E-state index contributed by atoms with van der Waals surface area (Å²) < 4.78 is 14.5. The van der Waals surface area contributed by atoms with Gasteiger partial charge in [-0.3, -0.25) is 9.55 Å². The summed E-state index contributed by atoms with van der Waals surface area (Å²) >= 11 is 0. The third-order valence-electron chi connectivity index (χ3n) is 9.78. The first-order valence-electron chi connectivity index (χ1n) is 16.8. The first kappa shape index (κ1) is 27.8. The van der Waals surface area contributed by atoms with Gasteiger partial charge in [-0.15, -0.1) is 0 Å². The quantitative estimate of drug-likeness (QED) is 0.188. The molecule has 11 rings (SSSR count). The smallest absolute Gasteiger partial charge is 0.238 e. The molecule has 0 saturated heterocycles. The second kappa shape index (κ2) is 10.7. The Labute approximate surface area is 290 Å². The van der Waals surface area contributed by atoms with E-state index in [-0.39, 0.29) is 0 Å². The van der Waals surface area contributed by atoms with E-state index in [1.54, 1.807) is 12.4 Å². The third-order valence-corrected chi connectivity index (χ3v) is 9.78. The SMILES string of the molecule is c1ccc(-c2nc(-c3cccc4oc5cnccc5c34)nc(-n3c4ccccc4c4cc(-c5ccc6oc7ccccc7c6c5)ccc43)n2)cc1. The van der Waals surface area contributed by atoms with Crippen LogP contribution in [0.1, 0.15) is 0 Å². The highest BCUT2D eigenvalue weighted by molar-refractivity contribution is 6.13. The Balaban J connectivity index is 1.15. The van der Waals surface area contributed by atoms with Crippen LogP contribution < -0.4 is 0 Å². The van der Waals surface area contributed by atoms with Gasteiger partial charge in [0.1, 0.15) is 16.7 Å². The van der Waals surface area contributed by atoms with Crippen LogP contribution in [0.25, 0.3) is 106 Å². The van der Waals surface area contributed by atoms with Crippen molar-refractivity contribution in [1.82, 2.24) is 24.5 Å². The molecule has 0 saturated carbocycles. The van der Waals surface area contributed by atoms with E-state index in [9.17, 15) is 0 Å². The van der Waals surface area contributed by atoms with E-state index in [0.29, 0.717) is 17.6 Å². The number of para-hydroxylation sites is 2. The first-order valence-corrected chi connectivity index (χ1v) is 16.8. The van der Waals surface area contributed by atoms with Crippen LogP contribution >= 0.6 is 0 Å². The lowest BCUT2D eigenvalue weighted by Crippen LogP contribution is -2.06. The second-order valence-corrected chi connectivity index (χ2v) is 12.7. The van der Waals surface area contributed by atoms with Crippen molar-refractivity contribution in [3.8, 4) is 39.9 Å². The van der Waals surface area contributed by atoms with Crippen molar-refractivity contribution in [2.24, 2.45) is 0 Å². The van der Waals surface area contributed by atoms with Gasteiger partial charge in [0.05, 0.1) is 17.2 Å². The summed E-state index contributed by atoms with van der Waals surface area (Å²) in [6, 6.07) is 47.7. The van der Waals surface area contributed by atoms with Gasteiger partial charge in [-0.2, -0.15) is 9.97 Å². The minimum absolute atomic E-state index is 0.538. The third kappa shape index (κ3) is 4.25. The van der Waals surface area contributed by atoms with Crippen LogP contribution in [-0.2, 0) is 0 Å². The van der Waals surface area contributed by atoms with E-state index in [1.165, 1.54) is 0 Å². The molecule has 0 aliphatic carbocycles. The van der Waals surface area contributed by atoms with Crippen molar-refractivity contribution in [2.45, 2.75) is 0 Å². The van der Waals surface area contributed by atoms with Crippen molar-refractivity contribution in [1.29, 1.82) is 0 Å². The number of pyridine rings is 1. The molecule has 0 spiro atoms. The molecule has 0 bridgehead atoms. The summed E-state index contributed by atoms with van der Waals surface area (Å²) in [5.41, 5.74) is 9.27. The van der Waals surface area contributed by atoms with Crippen molar-refractivity contribution >= 4 is 65.7 Å². The molecule has 0 unspecified atom stereocenters. The van der Waals surface area contributed by atoms with Crippen LogP contribution in [0, 0.1) is 0 Å². The maximum absolute atomic E-state index is 6.19. The molecule has 11 aromatic rings. The summed E-state index contributed by atoms with van der Waals surface area (Å²) in [6.45, 7) is 0. The average molecular weight is 656 g/mol. The second-order valence-electron chi connectivity index (χ2n) is 12.7. The number of aromatic nitrogens is 5. The lowest BCUT2D eigenvalue weighted by molar-refractivity contribution is 0.667. The summed E-state index contributed by atoms with van der Waals surface area (Å²) in [4.78, 5) is 19.7. The predicted octanol–water partition coefficient (Wildman–Crippen LogP) is 11.2. The van der Waals surface area contributed by atoms with E-state index >= 15 is 0 Å². The molecule has 0 fully saturated rings. The van der Waals surface area contributed by atoms with Crippen LogP contribution in [0.4, 0.5) is 0 Å². The first-order chi connectivity index (χ1) is 25.3. The van der Waals surface area contributed by atoms with E-state index < -0.39 is 0 Å². The molecular formula is C44H25N5O2. The Morgan fingerprint density at radius 3 is 2.06 bits per heavy atom. The van der Waals surface area contributed by atoms with E-state index in [2.05, 4.69) is 82.3 Å². The van der Waals surface area contributed by atoms with Crippen LogP contribution in [0.3, 0.4) is 0 Å². The standard InChI is InChI=1S/C44H25N5O2/c1-2-9-26(10-3-1)42-46-43(32-13-8-16-39-41(32)31-21-22-45-25-40(31)51-39)48-44(47-42)49-35-14-6-4-11-29(35)33-23-27(17-19-36(33)49)28-18-20-38-34(24-28)30-12-5-7-15-37(30)50-38/h1-25H. The molecule has 6 aromatic carbocycles. The lowest BCUT2D eigenvalue weighted by Gasteiger charge is -2.11. The molecule has 0 aliphatic rings.